The zero-order chi connectivity index (χ0) is 17.5. The van der Waals surface area contributed by atoms with Gasteiger partial charge >= 0.3 is 0 Å². The van der Waals surface area contributed by atoms with E-state index in [4.69, 9.17) is 9.40 Å². The Balaban J connectivity index is 1.54. The van der Waals surface area contributed by atoms with Crippen molar-refractivity contribution in [2.24, 2.45) is 0 Å². The number of fused-ring (bicyclic) bond motifs is 4. The Morgan fingerprint density at radius 1 is 1.08 bits per heavy atom. The molecule has 4 nitrogen and oxygen atoms in total. The smallest absolute Gasteiger partial charge is 0.229 e. The third-order valence-corrected chi connectivity index (χ3v) is 5.82. The minimum absolute atomic E-state index is 0.226. The topological polar surface area (TPSA) is 51.8 Å². The van der Waals surface area contributed by atoms with Crippen LogP contribution in [0, 0.1) is 5.82 Å². The molecule has 1 aliphatic carbocycles. The van der Waals surface area contributed by atoms with E-state index in [-0.39, 0.29) is 5.82 Å². The summed E-state index contributed by atoms with van der Waals surface area (Å²) in [6.45, 7) is 0. The van der Waals surface area contributed by atoms with Crippen molar-refractivity contribution in [3.63, 3.8) is 0 Å². The van der Waals surface area contributed by atoms with Gasteiger partial charge in [0.2, 0.25) is 5.71 Å². The van der Waals surface area contributed by atoms with Gasteiger partial charge < -0.3 is 4.42 Å². The molecule has 26 heavy (non-hydrogen) atoms. The fourth-order valence-electron chi connectivity index (χ4n) is 3.44. The van der Waals surface area contributed by atoms with Gasteiger partial charge in [-0.05, 0) is 55.0 Å². The molecule has 3 aromatic heterocycles. The van der Waals surface area contributed by atoms with Crippen LogP contribution in [0.3, 0.4) is 0 Å². The number of thioether (sulfide) groups is 1. The number of aromatic nitrogens is 3. The summed E-state index contributed by atoms with van der Waals surface area (Å²) in [5, 5.41) is 1.75. The molecule has 0 radical (unpaired) electrons. The van der Waals surface area contributed by atoms with Crippen LogP contribution in [0.1, 0.15) is 29.7 Å². The lowest BCUT2D eigenvalue weighted by Gasteiger charge is -2.13. The van der Waals surface area contributed by atoms with E-state index in [0.717, 1.165) is 40.0 Å². The second kappa shape index (κ2) is 6.36. The molecule has 0 fully saturated rings. The summed E-state index contributed by atoms with van der Waals surface area (Å²) < 4.78 is 19.1. The number of furan rings is 1. The SMILES string of the molecule is Fc1ccc(CSc2ncnc3c2oc2nc4c(cc23)CCCC4)cc1. The maximum Gasteiger partial charge on any atom is 0.229 e. The molecule has 0 spiro atoms. The molecule has 6 heteroatoms. The van der Waals surface area contributed by atoms with E-state index in [1.165, 1.54) is 30.5 Å². The quantitative estimate of drug-likeness (QED) is 0.374. The Hall–Kier alpha value is -2.47. The van der Waals surface area contributed by atoms with E-state index in [2.05, 4.69) is 16.0 Å². The molecule has 0 saturated carbocycles. The summed E-state index contributed by atoms with van der Waals surface area (Å²) >= 11 is 1.56. The first-order valence-corrected chi connectivity index (χ1v) is 9.70. The molecular weight excluding hydrogens is 349 g/mol. The van der Waals surface area contributed by atoms with Crippen LogP contribution >= 0.6 is 11.8 Å². The van der Waals surface area contributed by atoms with E-state index in [9.17, 15) is 4.39 Å². The average molecular weight is 365 g/mol. The number of hydrogen-bond donors (Lipinski definition) is 0. The summed E-state index contributed by atoms with van der Waals surface area (Å²) in [7, 11) is 0. The van der Waals surface area contributed by atoms with Gasteiger partial charge in [0.05, 0.1) is 5.39 Å². The molecule has 5 rings (SSSR count). The Morgan fingerprint density at radius 3 is 2.81 bits per heavy atom. The number of benzene rings is 1. The number of aryl methyl sites for hydroxylation is 2. The molecule has 0 aliphatic heterocycles. The van der Waals surface area contributed by atoms with Crippen LogP contribution in [0.4, 0.5) is 4.39 Å². The summed E-state index contributed by atoms with van der Waals surface area (Å²) in [6, 6.07) is 8.70. The van der Waals surface area contributed by atoms with Crippen LogP contribution in [0.2, 0.25) is 0 Å². The molecule has 3 heterocycles. The second-order valence-corrected chi connectivity index (χ2v) is 7.49. The summed E-state index contributed by atoms with van der Waals surface area (Å²) in [6.07, 6.45) is 6.06. The summed E-state index contributed by atoms with van der Waals surface area (Å²) in [5.74, 6) is 0.461. The number of hydrogen-bond acceptors (Lipinski definition) is 5. The van der Waals surface area contributed by atoms with E-state index in [1.807, 2.05) is 0 Å². The molecule has 0 unspecified atom stereocenters. The van der Waals surface area contributed by atoms with Crippen LogP contribution in [0.5, 0.6) is 0 Å². The standard InChI is InChI=1S/C20H16FN3OS/c21-14-7-5-12(6-8-14)10-26-20-18-17(22-11-23-20)15-9-13-3-1-2-4-16(13)24-19(15)25-18/h5-9,11H,1-4,10H2. The first kappa shape index (κ1) is 15.8. The first-order valence-electron chi connectivity index (χ1n) is 8.71. The third kappa shape index (κ3) is 2.74. The van der Waals surface area contributed by atoms with Crippen molar-refractivity contribution in [3.05, 3.63) is 59.3 Å². The van der Waals surface area contributed by atoms with Gasteiger partial charge in [-0.15, -0.1) is 0 Å². The zero-order valence-electron chi connectivity index (χ0n) is 14.0. The highest BCUT2D eigenvalue weighted by Gasteiger charge is 2.19. The lowest BCUT2D eigenvalue weighted by Crippen LogP contribution is -2.04. The number of rotatable bonds is 3. The Kier molecular flexibility index (Phi) is 3.85. The lowest BCUT2D eigenvalue weighted by molar-refractivity contribution is 0.623. The van der Waals surface area contributed by atoms with Crippen molar-refractivity contribution in [1.82, 2.24) is 15.0 Å². The van der Waals surface area contributed by atoms with E-state index >= 15 is 0 Å². The molecule has 1 aromatic carbocycles. The van der Waals surface area contributed by atoms with Crippen LogP contribution in [0.25, 0.3) is 22.2 Å². The van der Waals surface area contributed by atoms with Gasteiger partial charge in [0.25, 0.3) is 0 Å². The maximum atomic E-state index is 13.1. The predicted molar refractivity (Wildman–Crippen MR) is 99.7 cm³/mol. The molecule has 0 saturated heterocycles. The normalized spacial score (nSPS) is 14.0. The van der Waals surface area contributed by atoms with Crippen molar-refractivity contribution in [2.75, 3.05) is 0 Å². The highest BCUT2D eigenvalue weighted by Crippen LogP contribution is 2.35. The van der Waals surface area contributed by atoms with Gasteiger partial charge in [-0.2, -0.15) is 0 Å². The molecule has 0 bridgehead atoms. The molecule has 0 amide bonds. The molecule has 0 atom stereocenters. The van der Waals surface area contributed by atoms with Gasteiger partial charge in [0.15, 0.2) is 5.58 Å². The highest BCUT2D eigenvalue weighted by molar-refractivity contribution is 7.98. The second-order valence-electron chi connectivity index (χ2n) is 6.53. The van der Waals surface area contributed by atoms with E-state index in [1.54, 1.807) is 30.2 Å². The summed E-state index contributed by atoms with van der Waals surface area (Å²) in [4.78, 5) is 13.6. The molecule has 1 aliphatic rings. The first-order chi connectivity index (χ1) is 12.8. The van der Waals surface area contributed by atoms with Crippen molar-refractivity contribution in [3.8, 4) is 0 Å². The predicted octanol–water partition coefficient (Wildman–Crippen LogP) is 5.08. The van der Waals surface area contributed by atoms with Gasteiger partial charge in [0, 0.05) is 11.4 Å². The van der Waals surface area contributed by atoms with Crippen molar-refractivity contribution in [2.45, 2.75) is 36.5 Å². The van der Waals surface area contributed by atoms with Crippen LogP contribution in [0.15, 0.2) is 46.1 Å². The molecule has 0 N–H and O–H groups in total. The molecular formula is C20H16FN3OS. The Labute approximate surface area is 153 Å². The zero-order valence-corrected chi connectivity index (χ0v) is 14.9. The lowest BCUT2D eigenvalue weighted by atomic mass is 9.95. The van der Waals surface area contributed by atoms with Crippen molar-refractivity contribution < 1.29 is 8.81 Å². The van der Waals surface area contributed by atoms with Crippen LogP contribution in [-0.2, 0) is 18.6 Å². The van der Waals surface area contributed by atoms with E-state index in [0.29, 0.717) is 17.0 Å². The fourth-order valence-corrected chi connectivity index (χ4v) is 4.32. The van der Waals surface area contributed by atoms with Gasteiger partial charge in [-0.25, -0.2) is 19.3 Å². The third-order valence-electron chi connectivity index (χ3n) is 4.78. The van der Waals surface area contributed by atoms with Gasteiger partial charge in [0.1, 0.15) is 22.7 Å². The van der Waals surface area contributed by atoms with Gasteiger partial charge in [-0.1, -0.05) is 23.9 Å². The number of halogens is 1. The average Bonchev–Trinajstić information content (AvgIpc) is 3.04. The highest BCUT2D eigenvalue weighted by atomic mass is 32.2. The maximum absolute atomic E-state index is 13.1. The van der Waals surface area contributed by atoms with E-state index < -0.39 is 0 Å². The minimum atomic E-state index is -0.226. The summed E-state index contributed by atoms with van der Waals surface area (Å²) in [5.41, 5.74) is 5.64. The Bertz CT molecular complexity index is 1110. The number of nitrogens with zero attached hydrogens (tertiary/aromatic N) is 3. The molecule has 4 aromatic rings. The van der Waals surface area contributed by atoms with Crippen molar-refractivity contribution in [1.29, 1.82) is 0 Å². The van der Waals surface area contributed by atoms with Crippen molar-refractivity contribution >= 4 is 34.0 Å². The van der Waals surface area contributed by atoms with Crippen LogP contribution in [-0.4, -0.2) is 15.0 Å². The van der Waals surface area contributed by atoms with Crippen LogP contribution < -0.4 is 0 Å². The largest absolute Gasteiger partial charge is 0.433 e. The Morgan fingerprint density at radius 2 is 1.92 bits per heavy atom. The minimum Gasteiger partial charge on any atom is -0.433 e. The molecule has 130 valence electrons. The monoisotopic (exact) mass is 365 g/mol. The fraction of sp³-hybridized carbons (Fsp3) is 0.250. The van der Waals surface area contributed by atoms with Gasteiger partial charge in [-0.3, -0.25) is 0 Å². The number of pyridine rings is 1.